The number of carbonyl (C=O) groups excluding carboxylic acids is 1. The molecule has 104 valence electrons. The van der Waals surface area contributed by atoms with Crippen molar-refractivity contribution in [2.24, 2.45) is 0 Å². The lowest BCUT2D eigenvalue weighted by atomic mass is 10.2. The second kappa shape index (κ2) is 6.07. The van der Waals surface area contributed by atoms with Crippen LogP contribution in [0.15, 0.2) is 36.5 Å². The first-order valence-corrected chi connectivity index (χ1v) is 5.69. The van der Waals surface area contributed by atoms with Crippen LogP contribution in [-0.4, -0.2) is 35.3 Å². The lowest BCUT2D eigenvalue weighted by molar-refractivity contribution is -0.0758. The molecule has 2 aromatic rings. The number of benzene rings is 1. The molecule has 0 bridgehead atoms. The number of nitrogens with zero attached hydrogens (tertiary/aromatic N) is 3. The van der Waals surface area contributed by atoms with Crippen LogP contribution < -0.4 is 4.74 Å². The van der Waals surface area contributed by atoms with Crippen molar-refractivity contribution in [1.82, 2.24) is 15.3 Å². The van der Waals surface area contributed by atoms with E-state index in [1.54, 1.807) is 6.07 Å². The van der Waals surface area contributed by atoms with E-state index < -0.39 is 11.7 Å². The average Bonchev–Trinajstić information content (AvgIpc) is 2.48. The first-order valence-electron chi connectivity index (χ1n) is 5.69. The van der Waals surface area contributed by atoms with E-state index >= 15 is 0 Å². The summed E-state index contributed by atoms with van der Waals surface area (Å²) in [5.74, 6) is -1.17. The van der Waals surface area contributed by atoms with Crippen LogP contribution in [0.2, 0.25) is 0 Å². The van der Waals surface area contributed by atoms with Gasteiger partial charge in [0.05, 0.1) is 13.3 Å². The van der Waals surface area contributed by atoms with Gasteiger partial charge in [-0.3, -0.25) is 9.63 Å². The Balaban J connectivity index is 2.34. The zero-order chi connectivity index (χ0) is 14.5. The van der Waals surface area contributed by atoms with Crippen molar-refractivity contribution in [1.29, 1.82) is 0 Å². The minimum atomic E-state index is -0.559. The zero-order valence-electron chi connectivity index (χ0n) is 10.9. The third-order valence-corrected chi connectivity index (χ3v) is 2.52. The van der Waals surface area contributed by atoms with Crippen LogP contribution in [0.25, 0.3) is 0 Å². The fourth-order valence-corrected chi connectivity index (χ4v) is 1.44. The highest BCUT2D eigenvalue weighted by molar-refractivity contribution is 5.95. The molecule has 0 aliphatic rings. The highest BCUT2D eigenvalue weighted by Gasteiger charge is 2.19. The molecule has 1 amide bonds. The number of amides is 1. The molecule has 20 heavy (non-hydrogen) atoms. The summed E-state index contributed by atoms with van der Waals surface area (Å²) in [5.41, 5.74) is 0.118. The highest BCUT2D eigenvalue weighted by Crippen LogP contribution is 2.25. The number of hydrogen-bond donors (Lipinski definition) is 0. The van der Waals surface area contributed by atoms with Crippen molar-refractivity contribution >= 4 is 5.91 Å². The van der Waals surface area contributed by atoms with Gasteiger partial charge in [0.25, 0.3) is 11.8 Å². The summed E-state index contributed by atoms with van der Waals surface area (Å²) in [4.78, 5) is 16.8. The van der Waals surface area contributed by atoms with Crippen molar-refractivity contribution < 1.29 is 18.8 Å². The van der Waals surface area contributed by atoms with E-state index in [2.05, 4.69) is 10.2 Å². The lowest BCUT2D eigenvalue weighted by Gasteiger charge is -2.15. The molecule has 0 spiro atoms. The van der Waals surface area contributed by atoms with Crippen LogP contribution in [-0.2, 0) is 4.84 Å². The zero-order valence-corrected chi connectivity index (χ0v) is 10.9. The molecule has 1 aromatic carbocycles. The maximum absolute atomic E-state index is 13.5. The molecule has 0 aliphatic heterocycles. The Morgan fingerprint density at radius 3 is 2.75 bits per heavy atom. The second-order valence-corrected chi connectivity index (χ2v) is 3.77. The van der Waals surface area contributed by atoms with Crippen molar-refractivity contribution in [2.75, 3.05) is 14.2 Å². The van der Waals surface area contributed by atoms with Crippen LogP contribution >= 0.6 is 0 Å². The summed E-state index contributed by atoms with van der Waals surface area (Å²) < 4.78 is 18.8. The number of carbonyl (C=O) groups is 1. The molecular formula is C13H12FN3O3. The van der Waals surface area contributed by atoms with Crippen LogP contribution in [0.3, 0.4) is 0 Å². The number of aromatic nitrogens is 2. The first-order chi connectivity index (χ1) is 9.63. The van der Waals surface area contributed by atoms with Crippen molar-refractivity contribution in [3.63, 3.8) is 0 Å². The van der Waals surface area contributed by atoms with Crippen LogP contribution in [0.1, 0.15) is 10.4 Å². The molecule has 0 radical (unpaired) electrons. The van der Waals surface area contributed by atoms with Crippen molar-refractivity contribution in [3.8, 4) is 11.6 Å². The van der Waals surface area contributed by atoms with E-state index in [4.69, 9.17) is 9.57 Å². The quantitative estimate of drug-likeness (QED) is 0.800. The predicted molar refractivity (Wildman–Crippen MR) is 67.6 cm³/mol. The van der Waals surface area contributed by atoms with E-state index in [1.807, 2.05) is 0 Å². The smallest absolute Gasteiger partial charge is 0.282 e. The maximum atomic E-state index is 13.5. The minimum Gasteiger partial charge on any atom is -0.434 e. The molecule has 0 aliphatic carbocycles. The first kappa shape index (κ1) is 13.9. The molecule has 0 fully saturated rings. The molecule has 1 heterocycles. The molecule has 7 heteroatoms. The molecule has 1 aromatic heterocycles. The van der Waals surface area contributed by atoms with Crippen molar-refractivity contribution in [3.05, 3.63) is 47.9 Å². The van der Waals surface area contributed by atoms with Crippen molar-refractivity contribution in [2.45, 2.75) is 0 Å². The SMILES string of the molecule is CON(C)C(=O)c1ccnnc1Oc1ccccc1F. The third-order valence-electron chi connectivity index (χ3n) is 2.52. The number of para-hydroxylation sites is 1. The van der Waals surface area contributed by atoms with E-state index in [1.165, 1.54) is 44.6 Å². The Morgan fingerprint density at radius 2 is 2.05 bits per heavy atom. The van der Waals surface area contributed by atoms with Gasteiger partial charge in [-0.05, 0) is 18.2 Å². The topological polar surface area (TPSA) is 64.5 Å². The molecule has 0 saturated carbocycles. The molecule has 0 N–H and O–H groups in total. The van der Waals surface area contributed by atoms with E-state index in [-0.39, 0.29) is 17.2 Å². The lowest BCUT2D eigenvalue weighted by Crippen LogP contribution is -2.26. The molecular weight excluding hydrogens is 265 g/mol. The molecule has 0 atom stereocenters. The number of hydrogen-bond acceptors (Lipinski definition) is 5. The van der Waals surface area contributed by atoms with Crippen LogP contribution in [0.4, 0.5) is 4.39 Å². The van der Waals surface area contributed by atoms with Gasteiger partial charge in [-0.1, -0.05) is 12.1 Å². The summed E-state index contributed by atoms with van der Waals surface area (Å²) in [6, 6.07) is 7.23. The standard InChI is InChI=1S/C13H12FN3O3/c1-17(19-2)13(18)9-7-8-15-16-12(9)20-11-6-4-3-5-10(11)14/h3-8H,1-2H3. The fraction of sp³-hybridized carbons (Fsp3) is 0.154. The Bertz CT molecular complexity index is 621. The summed E-state index contributed by atoms with van der Waals surface area (Å²) in [6.45, 7) is 0. The van der Waals surface area contributed by atoms with Gasteiger partial charge in [0.1, 0.15) is 5.56 Å². The van der Waals surface area contributed by atoms with Gasteiger partial charge in [0, 0.05) is 7.05 Å². The van der Waals surface area contributed by atoms with Gasteiger partial charge >= 0.3 is 0 Å². The van der Waals surface area contributed by atoms with E-state index in [0.29, 0.717) is 0 Å². The van der Waals surface area contributed by atoms with E-state index in [9.17, 15) is 9.18 Å². The third kappa shape index (κ3) is 2.89. The van der Waals surface area contributed by atoms with Gasteiger partial charge < -0.3 is 4.74 Å². The van der Waals surface area contributed by atoms with Crippen LogP contribution in [0.5, 0.6) is 11.6 Å². The van der Waals surface area contributed by atoms with Gasteiger partial charge in [-0.15, -0.1) is 5.10 Å². The largest absolute Gasteiger partial charge is 0.434 e. The van der Waals surface area contributed by atoms with Gasteiger partial charge in [-0.25, -0.2) is 9.45 Å². The van der Waals surface area contributed by atoms with Gasteiger partial charge in [0.15, 0.2) is 11.6 Å². The Hall–Kier alpha value is -2.54. The number of ether oxygens (including phenoxy) is 1. The monoisotopic (exact) mass is 277 g/mol. The number of halogens is 1. The summed E-state index contributed by atoms with van der Waals surface area (Å²) in [5, 5.41) is 8.35. The average molecular weight is 277 g/mol. The van der Waals surface area contributed by atoms with Gasteiger partial charge in [-0.2, -0.15) is 5.10 Å². The Labute approximate surface area is 114 Å². The molecule has 0 saturated heterocycles. The minimum absolute atomic E-state index is 0.0397. The predicted octanol–water partition coefficient (Wildman–Crippen LogP) is 2.04. The fourth-order valence-electron chi connectivity index (χ4n) is 1.44. The summed E-state index contributed by atoms with van der Waals surface area (Å²) in [7, 11) is 2.79. The molecule has 6 nitrogen and oxygen atoms in total. The molecule has 0 unspecified atom stereocenters. The maximum Gasteiger partial charge on any atom is 0.282 e. The number of hydroxylamine groups is 2. The summed E-state index contributed by atoms with van der Waals surface area (Å²) in [6.07, 6.45) is 1.34. The normalized spacial score (nSPS) is 10.2. The second-order valence-electron chi connectivity index (χ2n) is 3.77. The van der Waals surface area contributed by atoms with E-state index in [0.717, 1.165) is 5.06 Å². The highest BCUT2D eigenvalue weighted by atomic mass is 19.1. The van der Waals surface area contributed by atoms with Crippen LogP contribution in [0, 0.1) is 5.82 Å². The Morgan fingerprint density at radius 1 is 1.30 bits per heavy atom. The van der Waals surface area contributed by atoms with Gasteiger partial charge in [0.2, 0.25) is 0 Å². The Kier molecular flexibility index (Phi) is 4.21. The molecule has 2 rings (SSSR count). The summed E-state index contributed by atoms with van der Waals surface area (Å²) >= 11 is 0. The number of rotatable bonds is 4.